The quantitative estimate of drug-likeness (QED) is 0.706. The van der Waals surface area contributed by atoms with E-state index in [1.807, 2.05) is 23.1 Å². The van der Waals surface area contributed by atoms with Gasteiger partial charge in [0.05, 0.1) is 39.1 Å². The first-order valence-corrected chi connectivity index (χ1v) is 9.79. The van der Waals surface area contributed by atoms with Crippen LogP contribution in [0.5, 0.6) is 17.2 Å². The van der Waals surface area contributed by atoms with E-state index in [0.717, 1.165) is 11.1 Å². The molecule has 0 radical (unpaired) electrons. The van der Waals surface area contributed by atoms with Gasteiger partial charge >= 0.3 is 0 Å². The van der Waals surface area contributed by atoms with E-state index in [4.69, 9.17) is 25.8 Å². The number of carbonyl (C=O) groups excluding carboxylic acids is 1. The van der Waals surface area contributed by atoms with Crippen molar-refractivity contribution in [3.63, 3.8) is 0 Å². The van der Waals surface area contributed by atoms with E-state index in [1.165, 1.54) is 18.2 Å². The third-order valence-corrected chi connectivity index (χ3v) is 5.13. The SMILES string of the molecule is COc1cc(OC)c(C2=CCN(CC(=O)Nc3cc(Cl)ccc3F)CC2)c(OC)c1. The highest BCUT2D eigenvalue weighted by Gasteiger charge is 2.22. The number of nitrogens with one attached hydrogen (secondary N) is 1. The smallest absolute Gasteiger partial charge is 0.238 e. The van der Waals surface area contributed by atoms with Crippen LogP contribution in [-0.2, 0) is 4.79 Å². The molecule has 160 valence electrons. The second-order valence-electron chi connectivity index (χ2n) is 6.79. The standard InChI is InChI=1S/C22H24ClFN2O4/c1-28-16-11-19(29-2)22(20(12-16)30-3)14-6-8-26(9-7-14)13-21(27)25-18-10-15(23)4-5-17(18)24/h4-6,10-12H,7-9,13H2,1-3H3,(H,25,27). The van der Waals surface area contributed by atoms with Crippen LogP contribution in [0.2, 0.25) is 5.02 Å². The molecule has 1 amide bonds. The number of amides is 1. The van der Waals surface area contributed by atoms with E-state index in [2.05, 4.69) is 5.32 Å². The number of methoxy groups -OCH3 is 3. The van der Waals surface area contributed by atoms with Crippen LogP contribution in [0.15, 0.2) is 36.4 Å². The summed E-state index contributed by atoms with van der Waals surface area (Å²) in [6.07, 6.45) is 2.75. The van der Waals surface area contributed by atoms with Gasteiger partial charge in [0.1, 0.15) is 23.1 Å². The van der Waals surface area contributed by atoms with Crippen molar-refractivity contribution in [1.82, 2.24) is 4.90 Å². The first-order valence-electron chi connectivity index (χ1n) is 9.41. The molecule has 0 aliphatic carbocycles. The summed E-state index contributed by atoms with van der Waals surface area (Å²) in [7, 11) is 4.80. The highest BCUT2D eigenvalue weighted by Crippen LogP contribution is 2.40. The number of halogens is 2. The Balaban J connectivity index is 1.69. The lowest BCUT2D eigenvalue weighted by molar-refractivity contribution is -0.117. The highest BCUT2D eigenvalue weighted by atomic mass is 35.5. The molecule has 0 fully saturated rings. The summed E-state index contributed by atoms with van der Waals surface area (Å²) >= 11 is 5.87. The maximum Gasteiger partial charge on any atom is 0.238 e. The van der Waals surface area contributed by atoms with Gasteiger partial charge in [-0.25, -0.2) is 4.39 Å². The van der Waals surface area contributed by atoms with Crippen molar-refractivity contribution < 1.29 is 23.4 Å². The summed E-state index contributed by atoms with van der Waals surface area (Å²) in [5.74, 6) is 1.16. The monoisotopic (exact) mass is 434 g/mol. The van der Waals surface area contributed by atoms with Gasteiger partial charge in [0.15, 0.2) is 0 Å². The molecule has 2 aromatic carbocycles. The first-order chi connectivity index (χ1) is 14.4. The zero-order valence-corrected chi connectivity index (χ0v) is 17.9. The molecular weight excluding hydrogens is 411 g/mol. The summed E-state index contributed by atoms with van der Waals surface area (Å²) < 4.78 is 30.2. The molecule has 0 saturated heterocycles. The van der Waals surface area contributed by atoms with Gasteiger partial charge in [-0.3, -0.25) is 9.69 Å². The summed E-state index contributed by atoms with van der Waals surface area (Å²) in [6.45, 7) is 1.38. The van der Waals surface area contributed by atoms with Crippen LogP contribution >= 0.6 is 11.6 Å². The molecule has 30 heavy (non-hydrogen) atoms. The van der Waals surface area contributed by atoms with Crippen molar-refractivity contribution in [2.24, 2.45) is 0 Å². The molecular formula is C22H24ClFN2O4. The van der Waals surface area contributed by atoms with E-state index in [0.29, 0.717) is 41.8 Å². The lowest BCUT2D eigenvalue weighted by atomic mass is 9.97. The van der Waals surface area contributed by atoms with Gasteiger partial charge in [0.25, 0.3) is 0 Å². The van der Waals surface area contributed by atoms with Crippen LogP contribution in [-0.4, -0.2) is 51.8 Å². The van der Waals surface area contributed by atoms with E-state index < -0.39 is 5.82 Å². The average Bonchev–Trinajstić information content (AvgIpc) is 2.75. The van der Waals surface area contributed by atoms with Gasteiger partial charge < -0.3 is 19.5 Å². The van der Waals surface area contributed by atoms with Crippen LogP contribution in [0.1, 0.15) is 12.0 Å². The molecule has 0 saturated carbocycles. The predicted octanol–water partition coefficient (Wildman–Crippen LogP) is 4.23. The summed E-state index contributed by atoms with van der Waals surface area (Å²) in [4.78, 5) is 14.3. The summed E-state index contributed by atoms with van der Waals surface area (Å²) in [6, 6.07) is 7.69. The number of rotatable bonds is 7. The summed E-state index contributed by atoms with van der Waals surface area (Å²) in [5.41, 5.74) is 2.03. The molecule has 1 N–H and O–H groups in total. The maximum absolute atomic E-state index is 13.8. The lowest BCUT2D eigenvalue weighted by Crippen LogP contribution is -2.36. The van der Waals surface area contributed by atoms with Gasteiger partial charge in [-0.15, -0.1) is 0 Å². The number of hydrogen-bond donors (Lipinski definition) is 1. The van der Waals surface area contributed by atoms with Gasteiger partial charge in [0.2, 0.25) is 5.91 Å². The molecule has 1 aliphatic rings. The number of ether oxygens (including phenoxy) is 3. The predicted molar refractivity (Wildman–Crippen MR) is 115 cm³/mol. The number of nitrogens with zero attached hydrogens (tertiary/aromatic N) is 1. The van der Waals surface area contributed by atoms with E-state index in [9.17, 15) is 9.18 Å². The summed E-state index contributed by atoms with van der Waals surface area (Å²) in [5, 5.41) is 2.94. The Morgan fingerprint density at radius 3 is 2.40 bits per heavy atom. The van der Waals surface area contributed by atoms with E-state index in [-0.39, 0.29) is 18.1 Å². The molecule has 8 heteroatoms. The largest absolute Gasteiger partial charge is 0.496 e. The maximum atomic E-state index is 13.8. The van der Waals surface area contributed by atoms with Crippen molar-refractivity contribution in [3.05, 3.63) is 52.8 Å². The third kappa shape index (κ3) is 5.04. The molecule has 0 spiro atoms. The molecule has 3 rings (SSSR count). The van der Waals surface area contributed by atoms with Gasteiger partial charge in [-0.1, -0.05) is 17.7 Å². The molecule has 1 aliphatic heterocycles. The Labute approximate surface area is 180 Å². The molecule has 2 aromatic rings. The number of benzene rings is 2. The zero-order valence-electron chi connectivity index (χ0n) is 17.1. The fourth-order valence-corrected chi connectivity index (χ4v) is 3.56. The molecule has 0 unspecified atom stereocenters. The fourth-order valence-electron chi connectivity index (χ4n) is 3.39. The minimum Gasteiger partial charge on any atom is -0.496 e. The van der Waals surface area contributed by atoms with Crippen molar-refractivity contribution >= 4 is 28.8 Å². The Morgan fingerprint density at radius 1 is 1.13 bits per heavy atom. The van der Waals surface area contributed by atoms with Crippen LogP contribution in [0, 0.1) is 5.82 Å². The van der Waals surface area contributed by atoms with Crippen LogP contribution < -0.4 is 19.5 Å². The van der Waals surface area contributed by atoms with Crippen molar-refractivity contribution in [3.8, 4) is 17.2 Å². The number of hydrogen-bond acceptors (Lipinski definition) is 5. The van der Waals surface area contributed by atoms with E-state index in [1.54, 1.807) is 21.3 Å². The second kappa shape index (κ2) is 9.82. The third-order valence-electron chi connectivity index (χ3n) is 4.90. The van der Waals surface area contributed by atoms with Crippen molar-refractivity contribution in [1.29, 1.82) is 0 Å². The molecule has 1 heterocycles. The Kier molecular flexibility index (Phi) is 7.18. The zero-order chi connectivity index (χ0) is 21.7. The van der Waals surface area contributed by atoms with Crippen molar-refractivity contribution in [2.75, 3.05) is 46.3 Å². The topological polar surface area (TPSA) is 60.0 Å². The Morgan fingerprint density at radius 2 is 1.83 bits per heavy atom. The number of anilines is 1. The lowest BCUT2D eigenvalue weighted by Gasteiger charge is -2.27. The minimum absolute atomic E-state index is 0.0773. The van der Waals surface area contributed by atoms with Gasteiger partial charge in [-0.2, -0.15) is 0 Å². The Hall–Kier alpha value is -2.77. The van der Waals surface area contributed by atoms with Gasteiger partial charge in [-0.05, 0) is 30.2 Å². The van der Waals surface area contributed by atoms with E-state index >= 15 is 0 Å². The minimum atomic E-state index is -0.521. The molecule has 6 nitrogen and oxygen atoms in total. The Bertz CT molecular complexity index is 939. The second-order valence-corrected chi connectivity index (χ2v) is 7.23. The highest BCUT2D eigenvalue weighted by molar-refractivity contribution is 6.30. The fraction of sp³-hybridized carbons (Fsp3) is 0.318. The van der Waals surface area contributed by atoms with Crippen LogP contribution in [0.3, 0.4) is 0 Å². The molecule has 0 bridgehead atoms. The van der Waals surface area contributed by atoms with Crippen molar-refractivity contribution in [2.45, 2.75) is 6.42 Å². The van der Waals surface area contributed by atoms with Crippen LogP contribution in [0.25, 0.3) is 5.57 Å². The number of carbonyl (C=O) groups is 1. The molecule has 0 atom stereocenters. The van der Waals surface area contributed by atoms with Crippen LogP contribution in [0.4, 0.5) is 10.1 Å². The molecule has 0 aromatic heterocycles. The van der Waals surface area contributed by atoms with Gasteiger partial charge in [0, 0.05) is 30.2 Å². The average molecular weight is 435 g/mol. The first kappa shape index (κ1) is 21.9. The normalized spacial score (nSPS) is 14.1.